The molecule has 0 spiro atoms. The largest absolute Gasteiger partial charge is 0.480 e. The van der Waals surface area contributed by atoms with Gasteiger partial charge in [-0.3, -0.25) is 4.79 Å². The number of aliphatic carboxylic acids is 1. The third kappa shape index (κ3) is 3.68. The van der Waals surface area contributed by atoms with Crippen LogP contribution in [0.3, 0.4) is 0 Å². The molecule has 2 N–H and O–H groups in total. The molecule has 1 heterocycles. The molecule has 0 unspecified atom stereocenters. The van der Waals surface area contributed by atoms with Crippen LogP contribution in [0.15, 0.2) is 48.5 Å². The summed E-state index contributed by atoms with van der Waals surface area (Å²) in [5.41, 5.74) is 4.20. The number of nitrogens with one attached hydrogen (secondary N) is 1. The van der Waals surface area contributed by atoms with Crippen molar-refractivity contribution in [3.05, 3.63) is 59.7 Å². The van der Waals surface area contributed by atoms with Gasteiger partial charge in [-0.15, -0.1) is 0 Å². The van der Waals surface area contributed by atoms with Crippen LogP contribution in [0.4, 0.5) is 4.79 Å². The highest BCUT2D eigenvalue weighted by atomic mass is 16.5. The topological polar surface area (TPSA) is 95.9 Å². The third-order valence-electron chi connectivity index (χ3n) is 8.55. The molecule has 3 fully saturated rings. The summed E-state index contributed by atoms with van der Waals surface area (Å²) in [7, 11) is 0. The van der Waals surface area contributed by atoms with Crippen molar-refractivity contribution in [1.29, 1.82) is 0 Å². The monoisotopic (exact) mass is 474 g/mol. The van der Waals surface area contributed by atoms with Crippen LogP contribution in [-0.4, -0.2) is 53.2 Å². The molecule has 2 saturated carbocycles. The summed E-state index contributed by atoms with van der Waals surface area (Å²) in [6.07, 6.45) is 3.83. The fourth-order valence-electron chi connectivity index (χ4n) is 6.79. The number of piperidine rings is 1. The molecule has 0 radical (unpaired) electrons. The number of nitrogens with zero attached hydrogens (tertiary/aromatic N) is 1. The van der Waals surface area contributed by atoms with E-state index in [1.54, 1.807) is 4.90 Å². The van der Waals surface area contributed by atoms with Gasteiger partial charge in [0.25, 0.3) is 0 Å². The fraction of sp³-hybridized carbons (Fsp3) is 0.464. The summed E-state index contributed by atoms with van der Waals surface area (Å²) in [5, 5.41) is 12.6. The zero-order chi connectivity index (χ0) is 24.2. The van der Waals surface area contributed by atoms with Gasteiger partial charge >= 0.3 is 12.1 Å². The van der Waals surface area contributed by atoms with Gasteiger partial charge < -0.3 is 20.1 Å². The van der Waals surface area contributed by atoms with Crippen molar-refractivity contribution < 1.29 is 24.2 Å². The maximum Gasteiger partial charge on any atom is 0.407 e. The number of benzene rings is 2. The molecule has 6 rings (SSSR count). The van der Waals surface area contributed by atoms with E-state index in [1.165, 1.54) is 22.3 Å². The maximum absolute atomic E-state index is 13.4. The van der Waals surface area contributed by atoms with E-state index in [0.29, 0.717) is 19.4 Å². The minimum absolute atomic E-state index is 0.00473. The van der Waals surface area contributed by atoms with Crippen molar-refractivity contribution in [2.75, 3.05) is 13.2 Å². The van der Waals surface area contributed by atoms with Gasteiger partial charge in [0, 0.05) is 18.5 Å². The van der Waals surface area contributed by atoms with Gasteiger partial charge in [-0.25, -0.2) is 9.59 Å². The number of amides is 2. The highest BCUT2D eigenvalue weighted by molar-refractivity contribution is 5.90. The zero-order valence-electron chi connectivity index (χ0n) is 19.6. The minimum atomic E-state index is -0.919. The van der Waals surface area contributed by atoms with Crippen LogP contribution >= 0.6 is 0 Å². The molecule has 2 amide bonds. The van der Waals surface area contributed by atoms with Crippen LogP contribution in [-0.2, 0) is 14.3 Å². The lowest BCUT2D eigenvalue weighted by Gasteiger charge is -2.35. The van der Waals surface area contributed by atoms with E-state index >= 15 is 0 Å². The molecule has 2 aromatic carbocycles. The SMILES string of the molecule is O=C(N[C@H]1C[C@@H]2C[C@]2(C(=O)N2CCCC[C@@H]2C(=O)O)C1)OCC1c2ccccc2-c2ccccc21. The van der Waals surface area contributed by atoms with E-state index in [4.69, 9.17) is 4.74 Å². The molecule has 7 heteroatoms. The van der Waals surface area contributed by atoms with Gasteiger partial charge in [-0.1, -0.05) is 48.5 Å². The van der Waals surface area contributed by atoms with Crippen molar-refractivity contribution in [2.45, 2.75) is 56.5 Å². The minimum Gasteiger partial charge on any atom is -0.480 e. The number of hydrogen-bond acceptors (Lipinski definition) is 4. The predicted octanol–water partition coefficient (Wildman–Crippen LogP) is 4.16. The smallest absolute Gasteiger partial charge is 0.407 e. The molecule has 2 aromatic rings. The van der Waals surface area contributed by atoms with Gasteiger partial charge in [-0.05, 0) is 66.7 Å². The van der Waals surface area contributed by atoms with E-state index in [0.717, 1.165) is 25.7 Å². The Balaban J connectivity index is 1.07. The van der Waals surface area contributed by atoms with Crippen molar-refractivity contribution in [1.82, 2.24) is 10.2 Å². The lowest BCUT2D eigenvalue weighted by molar-refractivity contribution is -0.154. The molecule has 1 aliphatic heterocycles. The molecule has 3 aliphatic carbocycles. The van der Waals surface area contributed by atoms with Crippen molar-refractivity contribution >= 4 is 18.0 Å². The summed E-state index contributed by atoms with van der Waals surface area (Å²) in [5.74, 6) is -0.736. The predicted molar refractivity (Wildman–Crippen MR) is 129 cm³/mol. The standard InChI is InChI=1S/C28H30N2O5/c31-25(32)24-11-5-6-12-30(24)26(33)28-14-17(28)13-18(15-28)29-27(34)35-16-23-21-9-3-1-7-19(21)20-8-2-4-10-22(20)23/h1-4,7-10,17-18,23-24H,5-6,11-16H2,(H,29,34)(H,31,32)/t17-,18+,24-,28+/m1/s1. The Hall–Kier alpha value is -3.35. The fourth-order valence-corrected chi connectivity index (χ4v) is 6.79. The van der Waals surface area contributed by atoms with E-state index in [2.05, 4.69) is 29.6 Å². The summed E-state index contributed by atoms with van der Waals surface area (Å²) in [6.45, 7) is 0.767. The van der Waals surface area contributed by atoms with Gasteiger partial charge in [0.15, 0.2) is 0 Å². The molecule has 4 atom stereocenters. The van der Waals surface area contributed by atoms with Crippen LogP contribution in [0.25, 0.3) is 11.1 Å². The summed E-state index contributed by atoms with van der Waals surface area (Å²) in [4.78, 5) is 39.3. The number of fused-ring (bicyclic) bond motifs is 4. The Morgan fingerprint density at radius 2 is 1.69 bits per heavy atom. The zero-order valence-corrected chi connectivity index (χ0v) is 19.6. The molecule has 182 valence electrons. The van der Waals surface area contributed by atoms with E-state index in [-0.39, 0.29) is 30.4 Å². The number of rotatable bonds is 5. The van der Waals surface area contributed by atoms with Crippen molar-refractivity contribution in [2.24, 2.45) is 11.3 Å². The van der Waals surface area contributed by atoms with E-state index in [9.17, 15) is 19.5 Å². The molecule has 35 heavy (non-hydrogen) atoms. The average molecular weight is 475 g/mol. The van der Waals surface area contributed by atoms with Crippen LogP contribution < -0.4 is 5.32 Å². The van der Waals surface area contributed by atoms with Gasteiger partial charge in [0.05, 0.1) is 5.41 Å². The summed E-state index contributed by atoms with van der Waals surface area (Å²) < 4.78 is 5.69. The first-order valence-corrected chi connectivity index (χ1v) is 12.6. The second kappa shape index (κ2) is 8.40. The van der Waals surface area contributed by atoms with Crippen molar-refractivity contribution in [3.8, 4) is 11.1 Å². The second-order valence-corrected chi connectivity index (χ2v) is 10.5. The highest BCUT2D eigenvalue weighted by Gasteiger charge is 2.66. The first-order valence-electron chi connectivity index (χ1n) is 12.6. The Morgan fingerprint density at radius 3 is 2.37 bits per heavy atom. The Labute approximate surface area is 204 Å². The highest BCUT2D eigenvalue weighted by Crippen LogP contribution is 2.64. The number of hydrogen-bond donors (Lipinski definition) is 2. The number of alkyl carbamates (subject to hydrolysis) is 1. The molecule has 1 saturated heterocycles. The molecule has 0 aromatic heterocycles. The van der Waals surface area contributed by atoms with Crippen LogP contribution in [0, 0.1) is 11.3 Å². The Morgan fingerprint density at radius 1 is 1.00 bits per heavy atom. The van der Waals surface area contributed by atoms with Crippen LogP contribution in [0.2, 0.25) is 0 Å². The summed E-state index contributed by atoms with van der Waals surface area (Å²) >= 11 is 0. The van der Waals surface area contributed by atoms with Crippen LogP contribution in [0.1, 0.15) is 55.6 Å². The Kier molecular flexibility index (Phi) is 5.31. The quantitative estimate of drug-likeness (QED) is 0.679. The average Bonchev–Trinajstić information content (AvgIpc) is 3.30. The number of carbonyl (C=O) groups excluding carboxylic acids is 2. The molecular weight excluding hydrogens is 444 g/mol. The molecule has 4 aliphatic rings. The molecule has 0 bridgehead atoms. The molecule has 7 nitrogen and oxygen atoms in total. The second-order valence-electron chi connectivity index (χ2n) is 10.5. The number of likely N-dealkylation sites (tertiary alicyclic amines) is 1. The van der Waals surface area contributed by atoms with Gasteiger partial charge in [0.1, 0.15) is 12.6 Å². The number of carboxylic acids is 1. The van der Waals surface area contributed by atoms with Gasteiger partial charge in [-0.2, -0.15) is 0 Å². The molecular formula is C28H30N2O5. The lowest BCUT2D eigenvalue weighted by Crippen LogP contribution is -2.51. The first-order chi connectivity index (χ1) is 17.0. The van der Waals surface area contributed by atoms with E-state index < -0.39 is 23.5 Å². The van der Waals surface area contributed by atoms with Crippen LogP contribution in [0.5, 0.6) is 0 Å². The maximum atomic E-state index is 13.4. The van der Waals surface area contributed by atoms with E-state index in [1.807, 2.05) is 24.3 Å². The summed E-state index contributed by atoms with van der Waals surface area (Å²) in [6, 6.07) is 15.6. The lowest BCUT2D eigenvalue weighted by atomic mass is 9.95. The van der Waals surface area contributed by atoms with Gasteiger partial charge in [0.2, 0.25) is 5.91 Å². The normalized spacial score (nSPS) is 28.6. The number of ether oxygens (including phenoxy) is 1. The number of carboxylic acid groups (broad SMARTS) is 1. The van der Waals surface area contributed by atoms with Crippen molar-refractivity contribution in [3.63, 3.8) is 0 Å². The Bertz CT molecular complexity index is 1150. The number of carbonyl (C=O) groups is 3. The first kappa shape index (κ1) is 22.1. The third-order valence-corrected chi connectivity index (χ3v) is 8.55.